The van der Waals surface area contributed by atoms with E-state index >= 15 is 0 Å². The Morgan fingerprint density at radius 3 is 2.42 bits per heavy atom. The number of carbonyl (C=O) groups is 1. The van der Waals surface area contributed by atoms with Crippen LogP contribution in [0, 0.1) is 0 Å². The molecule has 1 saturated heterocycles. The van der Waals surface area contributed by atoms with Gasteiger partial charge in [0, 0.05) is 18.7 Å². The maximum Gasteiger partial charge on any atom is 0.254 e. The summed E-state index contributed by atoms with van der Waals surface area (Å²) < 4.78 is 0. The summed E-state index contributed by atoms with van der Waals surface area (Å²) in [5.74, 6) is 0.878. The van der Waals surface area contributed by atoms with Crippen molar-refractivity contribution >= 4 is 16.9 Å². The molecule has 0 atom stereocenters. The molecule has 0 radical (unpaired) electrons. The second kappa shape index (κ2) is 6.48. The normalized spacial score (nSPS) is 15.4. The van der Waals surface area contributed by atoms with Gasteiger partial charge in [0.05, 0.1) is 16.6 Å². The fourth-order valence-electron chi connectivity index (χ4n) is 3.40. The Morgan fingerprint density at radius 1 is 0.917 bits per heavy atom. The smallest absolute Gasteiger partial charge is 0.254 e. The third-order valence-corrected chi connectivity index (χ3v) is 4.70. The molecule has 1 fully saturated rings. The number of hydrogen-bond donors (Lipinski definition) is 1. The second-order valence-electron chi connectivity index (χ2n) is 6.35. The summed E-state index contributed by atoms with van der Waals surface area (Å²) in [6, 6.07) is 15.7. The van der Waals surface area contributed by atoms with E-state index < -0.39 is 0 Å². The number of hydrogen-bond acceptors (Lipinski definition) is 2. The summed E-state index contributed by atoms with van der Waals surface area (Å²) in [7, 11) is 0. The minimum absolute atomic E-state index is 0.118. The van der Waals surface area contributed by atoms with Gasteiger partial charge in [0.25, 0.3) is 5.91 Å². The first-order chi connectivity index (χ1) is 11.8. The Balaban J connectivity index is 1.73. The Hall–Kier alpha value is -2.62. The van der Waals surface area contributed by atoms with Crippen molar-refractivity contribution in [3.05, 3.63) is 54.1 Å². The molecule has 2 heterocycles. The summed E-state index contributed by atoms with van der Waals surface area (Å²) in [5.41, 5.74) is 3.52. The van der Waals surface area contributed by atoms with E-state index in [-0.39, 0.29) is 5.91 Å². The average Bonchev–Trinajstić information content (AvgIpc) is 2.87. The van der Waals surface area contributed by atoms with Gasteiger partial charge in [0.2, 0.25) is 0 Å². The maximum atomic E-state index is 13.0. The first kappa shape index (κ1) is 14.9. The molecule has 3 aromatic rings. The SMILES string of the molecule is O=C(c1ccccc1-c1nc2ccccc2[nH]1)N1CCCCCC1. The van der Waals surface area contributed by atoms with Crippen LogP contribution in [-0.4, -0.2) is 33.9 Å². The van der Waals surface area contributed by atoms with Crippen LogP contribution in [0.3, 0.4) is 0 Å². The van der Waals surface area contributed by atoms with Gasteiger partial charge < -0.3 is 9.88 Å². The highest BCUT2D eigenvalue weighted by atomic mass is 16.2. The largest absolute Gasteiger partial charge is 0.339 e. The van der Waals surface area contributed by atoms with Crippen molar-refractivity contribution in [3.8, 4) is 11.4 Å². The number of aromatic amines is 1. The van der Waals surface area contributed by atoms with Crippen LogP contribution >= 0.6 is 0 Å². The van der Waals surface area contributed by atoms with E-state index in [0.717, 1.165) is 53.9 Å². The Kier molecular flexibility index (Phi) is 4.03. The molecule has 0 bridgehead atoms. The molecule has 1 aliphatic heterocycles. The molecule has 2 aromatic carbocycles. The molecular weight excluding hydrogens is 298 g/mol. The molecule has 0 spiro atoms. The number of benzene rings is 2. The van der Waals surface area contributed by atoms with E-state index in [1.54, 1.807) is 0 Å². The van der Waals surface area contributed by atoms with Gasteiger partial charge in [0.1, 0.15) is 5.82 Å². The van der Waals surface area contributed by atoms with Gasteiger partial charge in [0.15, 0.2) is 0 Å². The molecule has 24 heavy (non-hydrogen) atoms. The Morgan fingerprint density at radius 2 is 1.62 bits per heavy atom. The van der Waals surface area contributed by atoms with Crippen molar-refractivity contribution in [1.29, 1.82) is 0 Å². The van der Waals surface area contributed by atoms with Gasteiger partial charge in [-0.2, -0.15) is 0 Å². The van der Waals surface area contributed by atoms with Crippen LogP contribution in [0.15, 0.2) is 48.5 Å². The number of fused-ring (bicyclic) bond motifs is 1. The summed E-state index contributed by atoms with van der Waals surface area (Å²) >= 11 is 0. The molecule has 1 amide bonds. The first-order valence-corrected chi connectivity index (χ1v) is 8.66. The highest BCUT2D eigenvalue weighted by molar-refractivity contribution is 6.00. The number of nitrogens with zero attached hydrogens (tertiary/aromatic N) is 2. The van der Waals surface area contributed by atoms with Gasteiger partial charge in [-0.25, -0.2) is 4.98 Å². The molecule has 1 N–H and O–H groups in total. The highest BCUT2D eigenvalue weighted by Crippen LogP contribution is 2.25. The lowest BCUT2D eigenvalue weighted by molar-refractivity contribution is 0.0762. The van der Waals surface area contributed by atoms with Gasteiger partial charge >= 0.3 is 0 Å². The van der Waals surface area contributed by atoms with E-state index in [1.807, 2.05) is 53.4 Å². The summed E-state index contributed by atoms with van der Waals surface area (Å²) in [6.07, 6.45) is 4.63. The summed E-state index contributed by atoms with van der Waals surface area (Å²) in [4.78, 5) is 23.0. The van der Waals surface area contributed by atoms with E-state index in [0.29, 0.717) is 0 Å². The lowest BCUT2D eigenvalue weighted by Gasteiger charge is -2.21. The van der Waals surface area contributed by atoms with Crippen LogP contribution < -0.4 is 0 Å². The molecule has 4 rings (SSSR count). The van der Waals surface area contributed by atoms with Crippen molar-refractivity contribution in [2.45, 2.75) is 25.7 Å². The predicted molar refractivity (Wildman–Crippen MR) is 95.9 cm³/mol. The van der Waals surface area contributed by atoms with Crippen molar-refractivity contribution in [3.63, 3.8) is 0 Å². The Bertz CT molecular complexity index is 827. The highest BCUT2D eigenvalue weighted by Gasteiger charge is 2.21. The molecule has 1 aromatic heterocycles. The monoisotopic (exact) mass is 319 g/mol. The lowest BCUT2D eigenvalue weighted by Crippen LogP contribution is -2.32. The molecule has 1 aliphatic rings. The summed E-state index contributed by atoms with van der Waals surface area (Å²) in [5, 5.41) is 0. The zero-order chi connectivity index (χ0) is 16.4. The number of imidazole rings is 1. The van der Waals surface area contributed by atoms with E-state index in [9.17, 15) is 4.79 Å². The zero-order valence-corrected chi connectivity index (χ0v) is 13.7. The molecule has 0 saturated carbocycles. The fraction of sp³-hybridized carbons (Fsp3) is 0.300. The van der Waals surface area contributed by atoms with Gasteiger partial charge in [-0.15, -0.1) is 0 Å². The minimum Gasteiger partial charge on any atom is -0.339 e. The number of likely N-dealkylation sites (tertiary alicyclic amines) is 1. The van der Waals surface area contributed by atoms with E-state index in [2.05, 4.69) is 9.97 Å². The molecule has 4 heteroatoms. The van der Waals surface area contributed by atoms with Crippen LogP contribution in [0.4, 0.5) is 0 Å². The molecule has 0 unspecified atom stereocenters. The van der Waals surface area contributed by atoms with Crippen molar-refractivity contribution in [1.82, 2.24) is 14.9 Å². The van der Waals surface area contributed by atoms with Crippen LogP contribution in [0.5, 0.6) is 0 Å². The third kappa shape index (κ3) is 2.80. The number of amides is 1. The molecular formula is C20H21N3O. The Labute approximate surface area is 141 Å². The zero-order valence-electron chi connectivity index (χ0n) is 13.7. The second-order valence-corrected chi connectivity index (χ2v) is 6.35. The van der Waals surface area contributed by atoms with Crippen molar-refractivity contribution in [2.24, 2.45) is 0 Å². The van der Waals surface area contributed by atoms with E-state index in [4.69, 9.17) is 0 Å². The van der Waals surface area contributed by atoms with E-state index in [1.165, 1.54) is 12.8 Å². The number of para-hydroxylation sites is 2. The third-order valence-electron chi connectivity index (χ3n) is 4.70. The molecule has 0 aliphatic carbocycles. The number of H-pyrrole nitrogens is 1. The number of carbonyl (C=O) groups excluding carboxylic acids is 1. The molecule has 4 nitrogen and oxygen atoms in total. The average molecular weight is 319 g/mol. The maximum absolute atomic E-state index is 13.0. The standard InChI is InChI=1S/C20H21N3O/c24-20(23-13-7-1-2-8-14-23)16-10-4-3-9-15(16)19-21-17-11-5-6-12-18(17)22-19/h3-6,9-12H,1-2,7-8,13-14H2,(H,21,22). The van der Waals surface area contributed by atoms with Crippen LogP contribution in [0.25, 0.3) is 22.4 Å². The number of aromatic nitrogens is 2. The van der Waals surface area contributed by atoms with Gasteiger partial charge in [-0.1, -0.05) is 43.2 Å². The number of rotatable bonds is 2. The topological polar surface area (TPSA) is 49.0 Å². The molecule has 122 valence electrons. The van der Waals surface area contributed by atoms with Gasteiger partial charge in [-0.05, 0) is 31.0 Å². The van der Waals surface area contributed by atoms with Gasteiger partial charge in [-0.3, -0.25) is 4.79 Å². The van der Waals surface area contributed by atoms with Crippen LogP contribution in [-0.2, 0) is 0 Å². The number of nitrogens with one attached hydrogen (secondary N) is 1. The van der Waals surface area contributed by atoms with Crippen molar-refractivity contribution in [2.75, 3.05) is 13.1 Å². The fourth-order valence-corrected chi connectivity index (χ4v) is 3.40. The predicted octanol–water partition coefficient (Wildman–Crippen LogP) is 4.25. The minimum atomic E-state index is 0.118. The van der Waals surface area contributed by atoms with Crippen LogP contribution in [0.1, 0.15) is 36.0 Å². The summed E-state index contributed by atoms with van der Waals surface area (Å²) in [6.45, 7) is 1.71. The lowest BCUT2D eigenvalue weighted by atomic mass is 10.1. The van der Waals surface area contributed by atoms with Crippen LogP contribution in [0.2, 0.25) is 0 Å². The quantitative estimate of drug-likeness (QED) is 0.768. The van der Waals surface area contributed by atoms with Crippen molar-refractivity contribution < 1.29 is 4.79 Å². The first-order valence-electron chi connectivity index (χ1n) is 8.66.